The largest absolute Gasteiger partial charge is 0.496 e. The molecule has 4 nitrogen and oxygen atoms in total. The van der Waals surface area contributed by atoms with E-state index >= 15 is 0 Å². The van der Waals surface area contributed by atoms with Gasteiger partial charge in [0.15, 0.2) is 0 Å². The lowest BCUT2D eigenvalue weighted by molar-refractivity contribution is -0.119. The molecular formula is C15H22N2O2. The quantitative estimate of drug-likeness (QED) is 0.879. The van der Waals surface area contributed by atoms with Gasteiger partial charge in [0.1, 0.15) is 5.75 Å². The summed E-state index contributed by atoms with van der Waals surface area (Å²) >= 11 is 0. The molecule has 2 atom stereocenters. The van der Waals surface area contributed by atoms with Gasteiger partial charge in [0, 0.05) is 5.69 Å². The van der Waals surface area contributed by atoms with Crippen molar-refractivity contribution in [2.24, 2.45) is 5.92 Å². The summed E-state index contributed by atoms with van der Waals surface area (Å²) < 4.78 is 5.21. The second-order valence-electron chi connectivity index (χ2n) is 5.31. The molecule has 2 N–H and O–H groups in total. The molecule has 2 rings (SSSR count). The molecule has 1 heterocycles. The maximum atomic E-state index is 12.2. The molecule has 0 spiro atoms. The number of anilines is 1. The Labute approximate surface area is 114 Å². The first-order valence-corrected chi connectivity index (χ1v) is 6.79. The minimum atomic E-state index is -0.0776. The predicted molar refractivity (Wildman–Crippen MR) is 76.5 cm³/mol. The molecule has 4 heteroatoms. The van der Waals surface area contributed by atoms with Crippen LogP contribution < -0.4 is 15.4 Å². The van der Waals surface area contributed by atoms with Crippen molar-refractivity contribution < 1.29 is 9.53 Å². The molecule has 1 fully saturated rings. The number of methoxy groups -OCH3 is 1. The number of amides is 1. The summed E-state index contributed by atoms with van der Waals surface area (Å²) in [5.41, 5.74) is 1.84. The van der Waals surface area contributed by atoms with Crippen LogP contribution in [-0.4, -0.2) is 25.6 Å². The first kappa shape index (κ1) is 13.9. The number of ether oxygens (including phenoxy) is 1. The number of carbonyl (C=O) groups is 1. The van der Waals surface area contributed by atoms with Crippen molar-refractivity contribution in [2.45, 2.75) is 32.7 Å². The molecule has 19 heavy (non-hydrogen) atoms. The summed E-state index contributed by atoms with van der Waals surface area (Å²) in [7, 11) is 1.65. The van der Waals surface area contributed by atoms with Gasteiger partial charge in [-0.3, -0.25) is 4.79 Å². The van der Waals surface area contributed by atoms with Gasteiger partial charge in [-0.05, 0) is 56.0 Å². The van der Waals surface area contributed by atoms with Crippen LogP contribution in [-0.2, 0) is 4.79 Å². The minimum Gasteiger partial charge on any atom is -0.496 e. The van der Waals surface area contributed by atoms with Gasteiger partial charge in [-0.25, -0.2) is 0 Å². The number of hydrogen-bond donors (Lipinski definition) is 2. The summed E-state index contributed by atoms with van der Waals surface area (Å²) in [4.78, 5) is 12.2. The van der Waals surface area contributed by atoms with Crippen molar-refractivity contribution in [2.75, 3.05) is 19.0 Å². The first-order valence-electron chi connectivity index (χ1n) is 6.79. The highest BCUT2D eigenvalue weighted by molar-refractivity contribution is 5.95. The molecule has 0 aliphatic carbocycles. The van der Waals surface area contributed by atoms with E-state index in [-0.39, 0.29) is 11.9 Å². The maximum Gasteiger partial charge on any atom is 0.241 e. The third-order valence-corrected chi connectivity index (χ3v) is 3.64. The zero-order chi connectivity index (χ0) is 13.8. The average molecular weight is 262 g/mol. The van der Waals surface area contributed by atoms with Gasteiger partial charge in [-0.1, -0.05) is 6.92 Å². The molecule has 1 amide bonds. The van der Waals surface area contributed by atoms with Gasteiger partial charge >= 0.3 is 0 Å². The number of carbonyl (C=O) groups excluding carboxylic acids is 1. The molecule has 0 aromatic heterocycles. The lowest BCUT2D eigenvalue weighted by Crippen LogP contribution is -2.45. The monoisotopic (exact) mass is 262 g/mol. The number of aryl methyl sites for hydroxylation is 1. The molecule has 0 radical (unpaired) electrons. The van der Waals surface area contributed by atoms with Gasteiger partial charge in [-0.15, -0.1) is 0 Å². The van der Waals surface area contributed by atoms with Crippen LogP contribution in [0.25, 0.3) is 0 Å². The fraction of sp³-hybridized carbons (Fsp3) is 0.533. The Bertz CT molecular complexity index is 459. The third-order valence-electron chi connectivity index (χ3n) is 3.64. The van der Waals surface area contributed by atoms with E-state index in [1.807, 2.05) is 25.1 Å². The zero-order valence-corrected chi connectivity index (χ0v) is 11.8. The zero-order valence-electron chi connectivity index (χ0n) is 11.8. The molecular weight excluding hydrogens is 240 g/mol. The van der Waals surface area contributed by atoms with Gasteiger partial charge in [0.2, 0.25) is 5.91 Å². The Kier molecular flexibility index (Phi) is 4.43. The van der Waals surface area contributed by atoms with Crippen LogP contribution in [0, 0.1) is 12.8 Å². The van der Waals surface area contributed by atoms with Crippen molar-refractivity contribution in [1.82, 2.24) is 5.32 Å². The second-order valence-corrected chi connectivity index (χ2v) is 5.31. The second kappa shape index (κ2) is 6.06. The topological polar surface area (TPSA) is 50.4 Å². The SMILES string of the molecule is COc1ccc(NC(=O)C2CC(C)CCN2)cc1C. The van der Waals surface area contributed by atoms with Crippen LogP contribution in [0.2, 0.25) is 0 Å². The summed E-state index contributed by atoms with van der Waals surface area (Å²) in [5, 5.41) is 6.24. The summed E-state index contributed by atoms with van der Waals surface area (Å²) in [5.74, 6) is 1.49. The average Bonchev–Trinajstić information content (AvgIpc) is 2.39. The van der Waals surface area contributed by atoms with E-state index in [0.717, 1.165) is 36.4 Å². The Morgan fingerprint density at radius 1 is 1.47 bits per heavy atom. The van der Waals surface area contributed by atoms with Crippen molar-refractivity contribution in [3.8, 4) is 5.75 Å². The molecule has 1 aromatic carbocycles. The fourth-order valence-corrected chi connectivity index (χ4v) is 2.49. The fourth-order valence-electron chi connectivity index (χ4n) is 2.49. The van der Waals surface area contributed by atoms with Gasteiger partial charge in [-0.2, -0.15) is 0 Å². The summed E-state index contributed by atoms with van der Waals surface area (Å²) in [6.45, 7) is 5.08. The molecule has 1 aromatic rings. The Balaban J connectivity index is 2.00. The van der Waals surface area contributed by atoms with Crippen molar-refractivity contribution in [3.05, 3.63) is 23.8 Å². The lowest BCUT2D eigenvalue weighted by Gasteiger charge is -2.27. The molecule has 1 aliphatic heterocycles. The summed E-state index contributed by atoms with van der Waals surface area (Å²) in [6.07, 6.45) is 2.05. The number of hydrogen-bond acceptors (Lipinski definition) is 3. The van der Waals surface area contributed by atoms with Crippen molar-refractivity contribution in [3.63, 3.8) is 0 Å². The standard InChI is InChI=1S/C15H22N2O2/c1-10-6-7-16-13(8-10)15(18)17-12-4-5-14(19-3)11(2)9-12/h4-5,9-10,13,16H,6-8H2,1-3H3,(H,17,18). The van der Waals surface area contributed by atoms with E-state index in [0.29, 0.717) is 5.92 Å². The van der Waals surface area contributed by atoms with E-state index in [1.165, 1.54) is 0 Å². The van der Waals surface area contributed by atoms with Crippen LogP contribution in [0.3, 0.4) is 0 Å². The van der Waals surface area contributed by atoms with Crippen LogP contribution in [0.5, 0.6) is 5.75 Å². The minimum absolute atomic E-state index is 0.0520. The van der Waals surface area contributed by atoms with E-state index < -0.39 is 0 Å². The number of nitrogens with one attached hydrogen (secondary N) is 2. The number of piperidine rings is 1. The van der Waals surface area contributed by atoms with E-state index in [2.05, 4.69) is 17.6 Å². The summed E-state index contributed by atoms with van der Waals surface area (Å²) in [6, 6.07) is 5.60. The Morgan fingerprint density at radius 2 is 2.26 bits per heavy atom. The van der Waals surface area contributed by atoms with Crippen molar-refractivity contribution in [1.29, 1.82) is 0 Å². The predicted octanol–water partition coefficient (Wildman–Crippen LogP) is 2.33. The first-order chi connectivity index (χ1) is 9.10. The van der Waals surface area contributed by atoms with Gasteiger partial charge < -0.3 is 15.4 Å². The van der Waals surface area contributed by atoms with Crippen molar-refractivity contribution >= 4 is 11.6 Å². The number of benzene rings is 1. The van der Waals surface area contributed by atoms with Crippen LogP contribution in [0.4, 0.5) is 5.69 Å². The molecule has 104 valence electrons. The molecule has 1 saturated heterocycles. The lowest BCUT2D eigenvalue weighted by atomic mass is 9.94. The van der Waals surface area contributed by atoms with Crippen LogP contribution in [0.1, 0.15) is 25.3 Å². The smallest absolute Gasteiger partial charge is 0.241 e. The maximum absolute atomic E-state index is 12.2. The Hall–Kier alpha value is -1.55. The molecule has 0 bridgehead atoms. The van der Waals surface area contributed by atoms with Gasteiger partial charge in [0.25, 0.3) is 0 Å². The highest BCUT2D eigenvalue weighted by atomic mass is 16.5. The third kappa shape index (κ3) is 3.47. The molecule has 1 aliphatic rings. The molecule has 0 saturated carbocycles. The van der Waals surface area contributed by atoms with E-state index in [9.17, 15) is 4.79 Å². The normalized spacial score (nSPS) is 22.9. The molecule has 2 unspecified atom stereocenters. The highest BCUT2D eigenvalue weighted by Crippen LogP contribution is 2.22. The van der Waals surface area contributed by atoms with E-state index in [1.54, 1.807) is 7.11 Å². The van der Waals surface area contributed by atoms with Crippen LogP contribution >= 0.6 is 0 Å². The van der Waals surface area contributed by atoms with Crippen LogP contribution in [0.15, 0.2) is 18.2 Å². The Morgan fingerprint density at radius 3 is 2.89 bits per heavy atom. The number of rotatable bonds is 3. The van der Waals surface area contributed by atoms with Gasteiger partial charge in [0.05, 0.1) is 13.2 Å². The highest BCUT2D eigenvalue weighted by Gasteiger charge is 2.24. The van der Waals surface area contributed by atoms with E-state index in [4.69, 9.17) is 4.74 Å².